The molecule has 4 heteroatoms. The molecule has 1 aromatic rings. The first-order chi connectivity index (χ1) is 5.25. The van der Waals surface area contributed by atoms with Crippen LogP contribution in [0.5, 0.6) is 0 Å². The smallest absolute Gasteiger partial charge is 0.0487 e. The Morgan fingerprint density at radius 1 is 1.27 bits per heavy atom. The SMILES string of the molecule is ONCc1c(Cl)cccc1Cl. The van der Waals surface area contributed by atoms with E-state index in [9.17, 15) is 0 Å². The minimum atomic E-state index is 0.262. The summed E-state index contributed by atoms with van der Waals surface area (Å²) in [6.07, 6.45) is 0. The summed E-state index contributed by atoms with van der Waals surface area (Å²) < 4.78 is 0. The Balaban J connectivity index is 3.00. The Morgan fingerprint density at radius 3 is 2.27 bits per heavy atom. The standard InChI is InChI=1S/C7H7Cl2NO/c8-6-2-1-3-7(9)5(6)4-10-11/h1-3,10-11H,4H2. The molecule has 0 atom stereocenters. The van der Waals surface area contributed by atoms with Crippen LogP contribution in [0.2, 0.25) is 10.0 Å². The van der Waals surface area contributed by atoms with Crippen LogP contribution < -0.4 is 5.48 Å². The number of nitrogens with one attached hydrogen (secondary N) is 1. The highest BCUT2D eigenvalue weighted by atomic mass is 35.5. The summed E-state index contributed by atoms with van der Waals surface area (Å²) in [4.78, 5) is 0. The van der Waals surface area contributed by atoms with Crippen molar-refractivity contribution in [3.8, 4) is 0 Å². The largest absolute Gasteiger partial charge is 0.316 e. The molecule has 0 heterocycles. The molecule has 60 valence electrons. The summed E-state index contributed by atoms with van der Waals surface area (Å²) in [6, 6.07) is 5.20. The molecule has 0 aliphatic rings. The van der Waals surface area contributed by atoms with Gasteiger partial charge < -0.3 is 5.21 Å². The van der Waals surface area contributed by atoms with Crippen LogP contribution in [0.25, 0.3) is 0 Å². The first-order valence-corrected chi connectivity index (χ1v) is 3.81. The van der Waals surface area contributed by atoms with E-state index in [4.69, 9.17) is 28.4 Å². The van der Waals surface area contributed by atoms with Gasteiger partial charge in [-0.3, -0.25) is 0 Å². The molecule has 0 aromatic heterocycles. The van der Waals surface area contributed by atoms with Crippen molar-refractivity contribution in [1.29, 1.82) is 0 Å². The quantitative estimate of drug-likeness (QED) is 0.705. The molecule has 0 saturated heterocycles. The molecule has 0 unspecified atom stereocenters. The first-order valence-electron chi connectivity index (χ1n) is 3.05. The van der Waals surface area contributed by atoms with Crippen LogP contribution in [-0.2, 0) is 6.54 Å². The minimum absolute atomic E-state index is 0.262. The van der Waals surface area contributed by atoms with Crippen molar-refractivity contribution in [3.63, 3.8) is 0 Å². The van der Waals surface area contributed by atoms with E-state index in [0.717, 1.165) is 0 Å². The van der Waals surface area contributed by atoms with Crippen LogP contribution in [0.1, 0.15) is 5.56 Å². The topological polar surface area (TPSA) is 32.3 Å². The van der Waals surface area contributed by atoms with E-state index in [1.165, 1.54) is 0 Å². The molecule has 0 radical (unpaired) electrons. The predicted octanol–water partition coefficient (Wildman–Crippen LogP) is 2.47. The van der Waals surface area contributed by atoms with Crippen molar-refractivity contribution in [2.75, 3.05) is 0 Å². The van der Waals surface area contributed by atoms with Gasteiger partial charge in [0.15, 0.2) is 0 Å². The van der Waals surface area contributed by atoms with Gasteiger partial charge in [0.1, 0.15) is 0 Å². The molecule has 0 aliphatic heterocycles. The summed E-state index contributed by atoms with van der Waals surface area (Å²) in [5, 5.41) is 9.51. The summed E-state index contributed by atoms with van der Waals surface area (Å²) in [6.45, 7) is 0.262. The first kappa shape index (κ1) is 8.81. The second-order valence-electron chi connectivity index (χ2n) is 2.04. The van der Waals surface area contributed by atoms with Gasteiger partial charge in [-0.25, -0.2) is 5.48 Å². The molecule has 0 fully saturated rings. The van der Waals surface area contributed by atoms with Gasteiger partial charge in [-0.05, 0) is 12.1 Å². The number of rotatable bonds is 2. The maximum absolute atomic E-state index is 8.40. The average Bonchev–Trinajstić information content (AvgIpc) is 1.97. The fraction of sp³-hybridized carbons (Fsp3) is 0.143. The van der Waals surface area contributed by atoms with E-state index >= 15 is 0 Å². The lowest BCUT2D eigenvalue weighted by Crippen LogP contribution is -2.06. The van der Waals surface area contributed by atoms with Crippen molar-refractivity contribution in [2.24, 2.45) is 0 Å². The number of hydrogen-bond donors (Lipinski definition) is 2. The van der Waals surface area contributed by atoms with Crippen molar-refractivity contribution in [1.82, 2.24) is 5.48 Å². The fourth-order valence-corrected chi connectivity index (χ4v) is 1.31. The van der Waals surface area contributed by atoms with Gasteiger partial charge in [-0.15, -0.1) is 0 Å². The number of halogens is 2. The van der Waals surface area contributed by atoms with Crippen LogP contribution in [0.3, 0.4) is 0 Å². The van der Waals surface area contributed by atoms with E-state index in [1.807, 2.05) is 5.48 Å². The maximum Gasteiger partial charge on any atom is 0.0487 e. The fourth-order valence-electron chi connectivity index (χ4n) is 0.780. The van der Waals surface area contributed by atoms with E-state index in [-0.39, 0.29) is 6.54 Å². The van der Waals surface area contributed by atoms with Crippen LogP contribution in [0, 0.1) is 0 Å². The van der Waals surface area contributed by atoms with Gasteiger partial charge in [0.2, 0.25) is 0 Å². The third-order valence-electron chi connectivity index (χ3n) is 1.32. The Morgan fingerprint density at radius 2 is 1.82 bits per heavy atom. The normalized spacial score (nSPS) is 10.1. The van der Waals surface area contributed by atoms with Gasteiger partial charge in [-0.1, -0.05) is 29.3 Å². The third-order valence-corrected chi connectivity index (χ3v) is 2.03. The predicted molar refractivity (Wildman–Crippen MR) is 45.1 cm³/mol. The summed E-state index contributed by atoms with van der Waals surface area (Å²) in [5.41, 5.74) is 2.70. The van der Waals surface area contributed by atoms with Crippen molar-refractivity contribution in [2.45, 2.75) is 6.54 Å². The van der Waals surface area contributed by atoms with Gasteiger partial charge in [0.05, 0.1) is 0 Å². The number of hydrogen-bond acceptors (Lipinski definition) is 2. The van der Waals surface area contributed by atoms with E-state index < -0.39 is 0 Å². The molecule has 2 N–H and O–H groups in total. The van der Waals surface area contributed by atoms with Gasteiger partial charge in [0, 0.05) is 22.2 Å². The second-order valence-corrected chi connectivity index (χ2v) is 2.85. The van der Waals surface area contributed by atoms with Gasteiger partial charge >= 0.3 is 0 Å². The second kappa shape index (κ2) is 3.93. The lowest BCUT2D eigenvalue weighted by Gasteiger charge is -2.03. The molecular weight excluding hydrogens is 185 g/mol. The van der Waals surface area contributed by atoms with Crippen LogP contribution in [-0.4, -0.2) is 5.21 Å². The van der Waals surface area contributed by atoms with Gasteiger partial charge in [0.25, 0.3) is 0 Å². The van der Waals surface area contributed by atoms with Crippen molar-refractivity contribution in [3.05, 3.63) is 33.8 Å². The third kappa shape index (κ3) is 2.07. The molecule has 0 bridgehead atoms. The lowest BCUT2D eigenvalue weighted by molar-refractivity contribution is 0.161. The Kier molecular flexibility index (Phi) is 3.15. The monoisotopic (exact) mass is 191 g/mol. The zero-order valence-electron chi connectivity index (χ0n) is 5.64. The highest BCUT2D eigenvalue weighted by Gasteiger charge is 2.02. The Hall–Kier alpha value is -0.280. The zero-order valence-corrected chi connectivity index (χ0v) is 7.15. The molecular formula is C7H7Cl2NO. The van der Waals surface area contributed by atoms with E-state index in [0.29, 0.717) is 15.6 Å². The molecule has 0 spiro atoms. The number of benzene rings is 1. The Bertz CT molecular complexity index is 232. The summed E-state index contributed by atoms with van der Waals surface area (Å²) in [5.74, 6) is 0. The maximum atomic E-state index is 8.40. The molecule has 1 aromatic carbocycles. The van der Waals surface area contributed by atoms with Gasteiger partial charge in [-0.2, -0.15) is 0 Å². The average molecular weight is 192 g/mol. The van der Waals surface area contributed by atoms with Crippen LogP contribution in [0.15, 0.2) is 18.2 Å². The highest BCUT2D eigenvalue weighted by molar-refractivity contribution is 6.35. The lowest BCUT2D eigenvalue weighted by atomic mass is 10.2. The summed E-state index contributed by atoms with van der Waals surface area (Å²) >= 11 is 11.5. The molecule has 2 nitrogen and oxygen atoms in total. The van der Waals surface area contributed by atoms with E-state index in [1.54, 1.807) is 18.2 Å². The zero-order chi connectivity index (χ0) is 8.27. The van der Waals surface area contributed by atoms with Crippen LogP contribution >= 0.6 is 23.2 Å². The highest BCUT2D eigenvalue weighted by Crippen LogP contribution is 2.23. The summed E-state index contributed by atoms with van der Waals surface area (Å²) in [7, 11) is 0. The molecule has 0 saturated carbocycles. The molecule has 1 rings (SSSR count). The van der Waals surface area contributed by atoms with E-state index in [2.05, 4.69) is 0 Å². The molecule has 11 heavy (non-hydrogen) atoms. The minimum Gasteiger partial charge on any atom is -0.316 e. The van der Waals surface area contributed by atoms with Crippen LogP contribution in [0.4, 0.5) is 0 Å². The molecule has 0 aliphatic carbocycles. The number of hydroxylamine groups is 1. The molecule has 0 amide bonds. The van der Waals surface area contributed by atoms with Crippen molar-refractivity contribution < 1.29 is 5.21 Å². The van der Waals surface area contributed by atoms with Crippen molar-refractivity contribution >= 4 is 23.2 Å². The Labute approximate surface area is 74.7 Å².